The van der Waals surface area contributed by atoms with Gasteiger partial charge in [0.05, 0.1) is 13.2 Å². The quantitative estimate of drug-likeness (QED) is 0.775. The van der Waals surface area contributed by atoms with Crippen molar-refractivity contribution < 1.29 is 18.7 Å². The molecule has 4 rings (SSSR count). The van der Waals surface area contributed by atoms with Gasteiger partial charge in [-0.05, 0) is 57.0 Å². The smallest absolute Gasteiger partial charge is 0.253 e. The van der Waals surface area contributed by atoms with Gasteiger partial charge in [-0.25, -0.2) is 4.39 Å². The molecule has 0 spiro atoms. The lowest BCUT2D eigenvalue weighted by molar-refractivity contribution is -0.141. The molecule has 0 atom stereocenters. The van der Waals surface area contributed by atoms with E-state index in [4.69, 9.17) is 4.74 Å². The van der Waals surface area contributed by atoms with Gasteiger partial charge in [0.25, 0.3) is 5.91 Å². The van der Waals surface area contributed by atoms with Gasteiger partial charge in [0.15, 0.2) is 0 Å². The van der Waals surface area contributed by atoms with E-state index in [2.05, 4.69) is 4.90 Å². The molecule has 0 saturated carbocycles. The predicted octanol–water partition coefficient (Wildman–Crippen LogP) is 2.00. The van der Waals surface area contributed by atoms with Gasteiger partial charge in [0, 0.05) is 43.7 Å². The summed E-state index contributed by atoms with van der Waals surface area (Å²) in [6.07, 6.45) is 3.70. The van der Waals surface area contributed by atoms with Crippen molar-refractivity contribution in [1.29, 1.82) is 0 Å². The first kappa shape index (κ1) is 20.3. The molecule has 0 unspecified atom stereocenters. The molecule has 0 bridgehead atoms. The van der Waals surface area contributed by atoms with E-state index in [0.717, 1.165) is 51.9 Å². The lowest BCUT2D eigenvalue weighted by Crippen LogP contribution is -2.51. The zero-order chi connectivity index (χ0) is 20.2. The second-order valence-corrected chi connectivity index (χ2v) is 8.28. The minimum absolute atomic E-state index is 0.0854. The van der Waals surface area contributed by atoms with Gasteiger partial charge in [-0.1, -0.05) is 6.07 Å². The van der Waals surface area contributed by atoms with Crippen molar-refractivity contribution in [2.75, 3.05) is 52.5 Å². The summed E-state index contributed by atoms with van der Waals surface area (Å²) in [5.74, 6) is -0.0274. The average molecular weight is 403 g/mol. The fourth-order valence-electron chi connectivity index (χ4n) is 4.79. The summed E-state index contributed by atoms with van der Waals surface area (Å²) in [5, 5.41) is 0. The first-order valence-electron chi connectivity index (χ1n) is 10.8. The van der Waals surface area contributed by atoms with Crippen LogP contribution in [0.25, 0.3) is 0 Å². The Kier molecular flexibility index (Phi) is 6.45. The van der Waals surface area contributed by atoms with Crippen molar-refractivity contribution in [2.45, 2.75) is 31.7 Å². The maximum absolute atomic E-state index is 13.4. The van der Waals surface area contributed by atoms with Crippen LogP contribution < -0.4 is 0 Å². The lowest BCUT2D eigenvalue weighted by atomic mass is 9.92. The molecule has 0 aliphatic carbocycles. The highest BCUT2D eigenvalue weighted by Gasteiger charge is 2.33. The van der Waals surface area contributed by atoms with Crippen molar-refractivity contribution in [3.63, 3.8) is 0 Å². The highest BCUT2D eigenvalue weighted by atomic mass is 19.1. The third kappa shape index (κ3) is 4.78. The Morgan fingerprint density at radius 3 is 2.24 bits per heavy atom. The molecule has 158 valence electrons. The topological polar surface area (TPSA) is 53.1 Å². The molecule has 1 aromatic carbocycles. The van der Waals surface area contributed by atoms with Crippen molar-refractivity contribution in [1.82, 2.24) is 14.7 Å². The Morgan fingerprint density at radius 2 is 1.59 bits per heavy atom. The third-order valence-electron chi connectivity index (χ3n) is 6.54. The Labute approximate surface area is 171 Å². The number of carbonyl (C=O) groups excluding carboxylic acids is 2. The van der Waals surface area contributed by atoms with Crippen LogP contribution in [-0.4, -0.2) is 85.0 Å². The molecule has 6 nitrogen and oxygen atoms in total. The van der Waals surface area contributed by atoms with Crippen molar-refractivity contribution >= 4 is 11.8 Å². The Morgan fingerprint density at radius 1 is 0.897 bits per heavy atom. The van der Waals surface area contributed by atoms with Crippen LogP contribution in [-0.2, 0) is 9.53 Å². The molecule has 3 aliphatic heterocycles. The SMILES string of the molecule is O=C(c1cccc(F)c1)N1CCC(N2CCC(C(=O)N3CCOCC3)CC2)CC1. The zero-order valence-corrected chi connectivity index (χ0v) is 16.9. The first-order chi connectivity index (χ1) is 14.1. The number of halogens is 1. The van der Waals surface area contributed by atoms with Gasteiger partial charge in [-0.3, -0.25) is 9.59 Å². The summed E-state index contributed by atoms with van der Waals surface area (Å²) in [5.41, 5.74) is 0.422. The van der Waals surface area contributed by atoms with Crippen molar-refractivity contribution in [3.8, 4) is 0 Å². The van der Waals surface area contributed by atoms with Crippen LogP contribution in [0.15, 0.2) is 24.3 Å². The molecule has 3 fully saturated rings. The fourth-order valence-corrected chi connectivity index (χ4v) is 4.79. The van der Waals surface area contributed by atoms with E-state index in [1.54, 1.807) is 12.1 Å². The molecule has 29 heavy (non-hydrogen) atoms. The highest BCUT2D eigenvalue weighted by Crippen LogP contribution is 2.26. The molecule has 7 heteroatoms. The monoisotopic (exact) mass is 403 g/mol. The number of morpholine rings is 1. The number of hydrogen-bond acceptors (Lipinski definition) is 4. The predicted molar refractivity (Wildman–Crippen MR) is 107 cm³/mol. The van der Waals surface area contributed by atoms with E-state index in [1.807, 2.05) is 9.80 Å². The van der Waals surface area contributed by atoms with Gasteiger partial charge in [-0.15, -0.1) is 0 Å². The van der Waals surface area contributed by atoms with E-state index in [1.165, 1.54) is 12.1 Å². The second kappa shape index (κ2) is 9.22. The molecule has 0 radical (unpaired) electrons. The Balaban J connectivity index is 1.24. The van der Waals surface area contributed by atoms with E-state index < -0.39 is 0 Å². The number of carbonyl (C=O) groups is 2. The van der Waals surface area contributed by atoms with E-state index in [-0.39, 0.29) is 17.6 Å². The van der Waals surface area contributed by atoms with Gasteiger partial charge >= 0.3 is 0 Å². The van der Waals surface area contributed by atoms with Crippen LogP contribution in [0, 0.1) is 11.7 Å². The van der Waals surface area contributed by atoms with Gasteiger partial charge in [0.1, 0.15) is 5.82 Å². The molecule has 3 aliphatic rings. The molecule has 0 N–H and O–H groups in total. The minimum atomic E-state index is -0.375. The van der Waals surface area contributed by atoms with E-state index >= 15 is 0 Å². The fraction of sp³-hybridized carbons (Fsp3) is 0.636. The van der Waals surface area contributed by atoms with Crippen molar-refractivity contribution in [2.24, 2.45) is 5.92 Å². The summed E-state index contributed by atoms with van der Waals surface area (Å²) in [4.78, 5) is 31.6. The summed E-state index contributed by atoms with van der Waals surface area (Å²) < 4.78 is 18.7. The number of ether oxygens (including phenoxy) is 1. The van der Waals surface area contributed by atoms with Crippen LogP contribution >= 0.6 is 0 Å². The summed E-state index contributed by atoms with van der Waals surface area (Å²) in [7, 11) is 0. The van der Waals surface area contributed by atoms with E-state index in [9.17, 15) is 14.0 Å². The van der Waals surface area contributed by atoms with Crippen LogP contribution in [0.5, 0.6) is 0 Å². The van der Waals surface area contributed by atoms with Gasteiger partial charge in [-0.2, -0.15) is 0 Å². The zero-order valence-electron chi connectivity index (χ0n) is 16.9. The molecule has 0 aromatic heterocycles. The molecule has 1 aromatic rings. The molecular weight excluding hydrogens is 373 g/mol. The standard InChI is InChI=1S/C22H30FN3O3/c23-19-3-1-2-18(16-19)22(28)25-10-6-20(7-11-25)24-8-4-17(5-9-24)21(27)26-12-14-29-15-13-26/h1-3,16-17,20H,4-15H2. The first-order valence-corrected chi connectivity index (χ1v) is 10.8. The minimum Gasteiger partial charge on any atom is -0.378 e. The van der Waals surface area contributed by atoms with Crippen LogP contribution in [0.2, 0.25) is 0 Å². The molecular formula is C22H30FN3O3. The Hall–Kier alpha value is -1.99. The molecule has 3 saturated heterocycles. The number of amides is 2. The summed E-state index contributed by atoms with van der Waals surface area (Å²) >= 11 is 0. The lowest BCUT2D eigenvalue weighted by Gasteiger charge is -2.42. The van der Waals surface area contributed by atoms with Crippen LogP contribution in [0.1, 0.15) is 36.0 Å². The number of rotatable bonds is 3. The number of benzene rings is 1. The average Bonchev–Trinajstić information content (AvgIpc) is 2.79. The largest absolute Gasteiger partial charge is 0.378 e. The number of piperidine rings is 2. The summed E-state index contributed by atoms with van der Waals surface area (Å²) in [6, 6.07) is 6.39. The maximum Gasteiger partial charge on any atom is 0.253 e. The molecule has 3 heterocycles. The third-order valence-corrected chi connectivity index (χ3v) is 6.54. The van der Waals surface area contributed by atoms with Crippen LogP contribution in [0.3, 0.4) is 0 Å². The highest BCUT2D eigenvalue weighted by molar-refractivity contribution is 5.94. The van der Waals surface area contributed by atoms with Gasteiger partial charge < -0.3 is 19.4 Å². The normalized spacial score (nSPS) is 22.7. The second-order valence-electron chi connectivity index (χ2n) is 8.28. The maximum atomic E-state index is 13.4. The number of hydrogen-bond donors (Lipinski definition) is 0. The van der Waals surface area contributed by atoms with Gasteiger partial charge in [0.2, 0.25) is 5.91 Å². The van der Waals surface area contributed by atoms with E-state index in [0.29, 0.717) is 43.8 Å². The van der Waals surface area contributed by atoms with Crippen molar-refractivity contribution in [3.05, 3.63) is 35.6 Å². The number of nitrogens with zero attached hydrogens (tertiary/aromatic N) is 3. The Bertz CT molecular complexity index is 722. The number of likely N-dealkylation sites (tertiary alicyclic amines) is 2. The molecule has 2 amide bonds. The summed E-state index contributed by atoms with van der Waals surface area (Å²) in [6.45, 7) is 6.04. The van der Waals surface area contributed by atoms with Crippen LogP contribution in [0.4, 0.5) is 4.39 Å².